The Morgan fingerprint density at radius 2 is 2.18 bits per heavy atom. The van der Waals surface area contributed by atoms with E-state index in [9.17, 15) is 0 Å². The largest absolute Gasteiger partial charge is 0.427 e. The van der Waals surface area contributed by atoms with Gasteiger partial charge < -0.3 is 3.07 Å². The Hall–Kier alpha value is 0.1000. The molecule has 60 valence electrons. The van der Waals surface area contributed by atoms with Gasteiger partial charge in [0, 0.05) is 4.90 Å². The quantitative estimate of drug-likeness (QED) is 0.606. The van der Waals surface area contributed by atoms with Crippen LogP contribution in [0.3, 0.4) is 0 Å². The lowest BCUT2D eigenvalue weighted by Gasteiger charge is -2.02. The van der Waals surface area contributed by atoms with Crippen LogP contribution < -0.4 is 3.07 Å². The third-order valence-electron chi connectivity index (χ3n) is 1.47. The molecule has 0 bridgehead atoms. The van der Waals surface area contributed by atoms with E-state index in [1.54, 1.807) is 11.8 Å². The third-order valence-corrected chi connectivity index (χ3v) is 2.67. The summed E-state index contributed by atoms with van der Waals surface area (Å²) in [5.74, 6) is 0.948. The van der Waals surface area contributed by atoms with Gasteiger partial charge in [0.25, 0.3) is 0 Å². The highest BCUT2D eigenvalue weighted by atomic mass is 127. The lowest BCUT2D eigenvalue weighted by Crippen LogP contribution is -1.80. The maximum Gasteiger partial charge on any atom is 0.192 e. The minimum atomic E-state index is 0.948. The summed E-state index contributed by atoms with van der Waals surface area (Å²) in [6.07, 6.45) is 2.07. The van der Waals surface area contributed by atoms with Crippen LogP contribution in [0.5, 0.6) is 5.75 Å². The summed E-state index contributed by atoms with van der Waals surface area (Å²) in [7, 11) is 0. The van der Waals surface area contributed by atoms with E-state index >= 15 is 0 Å². The summed E-state index contributed by atoms with van der Waals surface area (Å²) in [4.78, 5) is 1.28. The lowest BCUT2D eigenvalue weighted by molar-refractivity contribution is 0.708. The Kier molecular flexibility index (Phi) is 3.51. The summed E-state index contributed by atoms with van der Waals surface area (Å²) in [5, 5.41) is 0. The van der Waals surface area contributed by atoms with Crippen molar-refractivity contribution in [3.63, 3.8) is 0 Å². The molecule has 1 rings (SSSR count). The van der Waals surface area contributed by atoms with Crippen molar-refractivity contribution in [1.29, 1.82) is 0 Å². The van der Waals surface area contributed by atoms with E-state index in [2.05, 4.69) is 18.4 Å². The van der Waals surface area contributed by atoms with Crippen LogP contribution in [-0.2, 0) is 0 Å². The van der Waals surface area contributed by atoms with Gasteiger partial charge >= 0.3 is 0 Å². The van der Waals surface area contributed by atoms with E-state index < -0.39 is 0 Å². The van der Waals surface area contributed by atoms with Crippen LogP contribution in [-0.4, -0.2) is 6.26 Å². The topological polar surface area (TPSA) is 9.23 Å². The number of aryl methyl sites for hydroxylation is 1. The normalized spacial score (nSPS) is 9.73. The van der Waals surface area contributed by atoms with E-state index in [1.807, 2.05) is 36.0 Å². The molecule has 1 aromatic rings. The molecule has 0 saturated carbocycles. The number of rotatable bonds is 2. The molecule has 1 aromatic carbocycles. The highest BCUT2D eigenvalue weighted by Gasteiger charge is 1.98. The maximum atomic E-state index is 5.11. The summed E-state index contributed by atoms with van der Waals surface area (Å²) in [5.41, 5.74) is 1.19. The van der Waals surface area contributed by atoms with Crippen molar-refractivity contribution >= 4 is 34.8 Å². The SMILES string of the molecule is CSc1ccc(OI)c(C)c1. The molecule has 0 spiro atoms. The second kappa shape index (κ2) is 4.21. The van der Waals surface area contributed by atoms with Crippen molar-refractivity contribution in [2.45, 2.75) is 11.8 Å². The first-order valence-electron chi connectivity index (χ1n) is 3.21. The minimum Gasteiger partial charge on any atom is -0.427 e. The molecule has 0 saturated heterocycles. The van der Waals surface area contributed by atoms with Crippen molar-refractivity contribution in [3.8, 4) is 5.75 Å². The first-order valence-corrected chi connectivity index (χ1v) is 5.31. The fraction of sp³-hybridized carbons (Fsp3) is 0.250. The molecule has 0 radical (unpaired) electrons. The second-order valence-corrected chi connectivity index (χ2v) is 3.53. The monoisotopic (exact) mass is 280 g/mol. The van der Waals surface area contributed by atoms with Crippen LogP contribution >= 0.6 is 34.8 Å². The highest BCUT2D eigenvalue weighted by molar-refractivity contribution is 14.1. The van der Waals surface area contributed by atoms with Crippen LogP contribution in [0.4, 0.5) is 0 Å². The van der Waals surface area contributed by atoms with Crippen LogP contribution in [0, 0.1) is 6.92 Å². The van der Waals surface area contributed by atoms with E-state index in [4.69, 9.17) is 3.07 Å². The minimum absolute atomic E-state index is 0.948. The van der Waals surface area contributed by atoms with Crippen molar-refractivity contribution in [2.75, 3.05) is 6.26 Å². The van der Waals surface area contributed by atoms with Crippen molar-refractivity contribution in [3.05, 3.63) is 23.8 Å². The van der Waals surface area contributed by atoms with E-state index in [0.29, 0.717) is 0 Å². The zero-order valence-electron chi connectivity index (χ0n) is 6.43. The van der Waals surface area contributed by atoms with Crippen LogP contribution in [0.15, 0.2) is 23.1 Å². The number of thioether (sulfide) groups is 1. The third kappa shape index (κ3) is 2.27. The zero-order valence-corrected chi connectivity index (χ0v) is 9.40. The van der Waals surface area contributed by atoms with Gasteiger partial charge in [-0.05, 0) is 36.9 Å². The average Bonchev–Trinajstić information content (AvgIpc) is 2.04. The van der Waals surface area contributed by atoms with Gasteiger partial charge in [0.15, 0.2) is 23.0 Å². The standard InChI is InChI=1S/C8H9IOS/c1-6-5-7(11-2)3-4-8(6)10-9/h3-5H,1-2H3. The van der Waals surface area contributed by atoms with Gasteiger partial charge in [0.1, 0.15) is 5.75 Å². The summed E-state index contributed by atoms with van der Waals surface area (Å²) in [6, 6.07) is 6.18. The smallest absolute Gasteiger partial charge is 0.192 e. The first kappa shape index (κ1) is 9.19. The molecule has 1 nitrogen and oxygen atoms in total. The Morgan fingerprint density at radius 1 is 1.45 bits per heavy atom. The average molecular weight is 280 g/mol. The van der Waals surface area contributed by atoms with E-state index in [0.717, 1.165) is 5.75 Å². The van der Waals surface area contributed by atoms with Gasteiger partial charge in [-0.25, -0.2) is 0 Å². The lowest BCUT2D eigenvalue weighted by atomic mass is 10.2. The predicted molar refractivity (Wildman–Crippen MR) is 57.6 cm³/mol. The van der Waals surface area contributed by atoms with Gasteiger partial charge in [-0.2, -0.15) is 0 Å². The molecule has 0 aromatic heterocycles. The fourth-order valence-electron chi connectivity index (χ4n) is 0.835. The second-order valence-electron chi connectivity index (χ2n) is 2.21. The molecule has 0 aliphatic heterocycles. The van der Waals surface area contributed by atoms with Crippen LogP contribution in [0.1, 0.15) is 5.56 Å². The number of hydrogen-bond acceptors (Lipinski definition) is 2. The summed E-state index contributed by atoms with van der Waals surface area (Å²) >= 11 is 3.64. The number of hydrogen-bond donors (Lipinski definition) is 0. The van der Waals surface area contributed by atoms with Gasteiger partial charge in [0.2, 0.25) is 0 Å². The van der Waals surface area contributed by atoms with Gasteiger partial charge in [-0.3, -0.25) is 0 Å². The Labute approximate surface area is 85.2 Å². The molecule has 0 N–H and O–H groups in total. The zero-order chi connectivity index (χ0) is 8.27. The molecule has 0 aliphatic carbocycles. The highest BCUT2D eigenvalue weighted by Crippen LogP contribution is 2.24. The Bertz CT molecular complexity index is 250. The molecular formula is C8H9IOS. The van der Waals surface area contributed by atoms with Crippen molar-refractivity contribution in [2.24, 2.45) is 0 Å². The van der Waals surface area contributed by atoms with E-state index in [-0.39, 0.29) is 0 Å². The van der Waals surface area contributed by atoms with Gasteiger partial charge in [-0.15, -0.1) is 11.8 Å². The fourth-order valence-corrected chi connectivity index (χ4v) is 1.83. The number of benzene rings is 1. The molecule has 0 amide bonds. The molecule has 0 heterocycles. The molecule has 11 heavy (non-hydrogen) atoms. The van der Waals surface area contributed by atoms with Crippen LogP contribution in [0.25, 0.3) is 0 Å². The predicted octanol–water partition coefficient (Wildman–Crippen LogP) is 3.45. The van der Waals surface area contributed by atoms with Crippen molar-refractivity contribution < 1.29 is 3.07 Å². The Balaban J connectivity index is 2.99. The van der Waals surface area contributed by atoms with Crippen LogP contribution in [0.2, 0.25) is 0 Å². The van der Waals surface area contributed by atoms with Gasteiger partial charge in [-0.1, -0.05) is 0 Å². The van der Waals surface area contributed by atoms with Gasteiger partial charge in [0.05, 0.1) is 0 Å². The molecule has 0 fully saturated rings. The number of halogens is 1. The van der Waals surface area contributed by atoms with Crippen molar-refractivity contribution in [1.82, 2.24) is 0 Å². The molecule has 0 aliphatic rings. The molecular weight excluding hydrogens is 271 g/mol. The molecule has 0 unspecified atom stereocenters. The summed E-state index contributed by atoms with van der Waals surface area (Å²) in [6.45, 7) is 2.05. The molecule has 0 atom stereocenters. The summed E-state index contributed by atoms with van der Waals surface area (Å²) < 4.78 is 5.11. The maximum absolute atomic E-state index is 5.11. The molecule has 3 heteroatoms. The first-order chi connectivity index (χ1) is 5.27. The Morgan fingerprint density at radius 3 is 2.64 bits per heavy atom. The van der Waals surface area contributed by atoms with E-state index in [1.165, 1.54) is 10.5 Å².